The molecule has 37 heavy (non-hydrogen) atoms. The molecule has 1 aliphatic rings. The standard InChI is InChI=1S/C27H27IN2O6S/c1-5-11-36-19-10-8-7-9-17(19)23-22(26(33)35-6-2)15(3)29-27-30(23)25(32)21(37-27)14-16-12-18(28)24(31)20(13-16)34-4/h7-10,12-14,23,31H,5-6,11H2,1-4H3/b21-14-. The average Bonchev–Trinajstić information content (AvgIpc) is 3.18. The number of ether oxygens (including phenoxy) is 3. The van der Waals surface area contributed by atoms with Crippen molar-refractivity contribution < 1.29 is 24.1 Å². The van der Waals surface area contributed by atoms with Gasteiger partial charge in [0, 0.05) is 5.56 Å². The van der Waals surface area contributed by atoms with Crippen LogP contribution >= 0.6 is 33.9 Å². The summed E-state index contributed by atoms with van der Waals surface area (Å²) >= 11 is 3.24. The summed E-state index contributed by atoms with van der Waals surface area (Å²) in [7, 11) is 1.47. The molecule has 3 aromatic rings. The third kappa shape index (κ3) is 5.30. The highest BCUT2D eigenvalue weighted by Gasteiger charge is 2.35. The number of allylic oxidation sites excluding steroid dienone is 1. The first-order chi connectivity index (χ1) is 17.8. The van der Waals surface area contributed by atoms with Gasteiger partial charge in [0.25, 0.3) is 5.56 Å². The van der Waals surface area contributed by atoms with E-state index in [1.54, 1.807) is 32.1 Å². The van der Waals surface area contributed by atoms with E-state index in [2.05, 4.69) is 4.99 Å². The van der Waals surface area contributed by atoms with Gasteiger partial charge in [-0.1, -0.05) is 36.5 Å². The Kier molecular flexibility index (Phi) is 8.38. The number of benzene rings is 2. The lowest BCUT2D eigenvalue weighted by molar-refractivity contribution is -0.139. The zero-order chi connectivity index (χ0) is 26.7. The Labute approximate surface area is 231 Å². The quantitative estimate of drug-likeness (QED) is 0.298. The molecule has 194 valence electrons. The molecular formula is C27H27IN2O6S. The number of aromatic nitrogens is 1. The van der Waals surface area contributed by atoms with Gasteiger partial charge < -0.3 is 19.3 Å². The van der Waals surface area contributed by atoms with Crippen LogP contribution in [0.15, 0.2) is 57.5 Å². The van der Waals surface area contributed by atoms with E-state index in [-0.39, 0.29) is 17.9 Å². The number of methoxy groups -OCH3 is 1. The van der Waals surface area contributed by atoms with Gasteiger partial charge in [-0.15, -0.1) is 0 Å². The van der Waals surface area contributed by atoms with E-state index in [1.165, 1.54) is 23.0 Å². The maximum Gasteiger partial charge on any atom is 0.338 e. The van der Waals surface area contributed by atoms with Crippen LogP contribution in [0.1, 0.15) is 44.4 Å². The van der Waals surface area contributed by atoms with Crippen molar-refractivity contribution in [2.24, 2.45) is 4.99 Å². The van der Waals surface area contributed by atoms with Crippen LogP contribution in [-0.4, -0.2) is 36.0 Å². The van der Waals surface area contributed by atoms with E-state index in [4.69, 9.17) is 14.2 Å². The van der Waals surface area contributed by atoms with Crippen molar-refractivity contribution in [2.75, 3.05) is 20.3 Å². The lowest BCUT2D eigenvalue weighted by Crippen LogP contribution is -2.40. The maximum absolute atomic E-state index is 13.9. The normalized spacial score (nSPS) is 15.3. The first-order valence-corrected chi connectivity index (χ1v) is 13.7. The van der Waals surface area contributed by atoms with Crippen molar-refractivity contribution >= 4 is 46.0 Å². The first-order valence-electron chi connectivity index (χ1n) is 11.8. The number of aromatic hydroxyl groups is 1. The largest absolute Gasteiger partial charge is 0.504 e. The molecule has 0 radical (unpaired) electrons. The molecule has 1 unspecified atom stereocenters. The Morgan fingerprint density at radius 2 is 2.00 bits per heavy atom. The second-order valence-electron chi connectivity index (χ2n) is 8.24. The summed E-state index contributed by atoms with van der Waals surface area (Å²) in [5.74, 6) is 0.427. The van der Waals surface area contributed by atoms with Crippen molar-refractivity contribution in [3.8, 4) is 17.2 Å². The van der Waals surface area contributed by atoms with Crippen LogP contribution in [0.25, 0.3) is 6.08 Å². The molecule has 1 atom stereocenters. The lowest BCUT2D eigenvalue weighted by atomic mass is 9.95. The third-order valence-corrected chi connectivity index (χ3v) is 7.57. The molecule has 0 fully saturated rings. The Morgan fingerprint density at radius 1 is 1.24 bits per heavy atom. The average molecular weight is 634 g/mol. The highest BCUT2D eigenvalue weighted by Crippen LogP contribution is 2.36. The van der Waals surface area contributed by atoms with Gasteiger partial charge in [-0.3, -0.25) is 9.36 Å². The number of hydrogen-bond donors (Lipinski definition) is 1. The summed E-state index contributed by atoms with van der Waals surface area (Å²) in [6.07, 6.45) is 2.54. The predicted octanol–water partition coefficient (Wildman–Crippen LogP) is 3.91. The first kappa shape index (κ1) is 26.9. The molecule has 2 aromatic carbocycles. The van der Waals surface area contributed by atoms with Crippen LogP contribution in [-0.2, 0) is 9.53 Å². The van der Waals surface area contributed by atoms with Gasteiger partial charge in [0.05, 0.1) is 39.7 Å². The number of esters is 1. The number of hydrogen-bond acceptors (Lipinski definition) is 8. The van der Waals surface area contributed by atoms with Crippen molar-refractivity contribution in [3.63, 3.8) is 0 Å². The van der Waals surface area contributed by atoms with E-state index < -0.39 is 12.0 Å². The van der Waals surface area contributed by atoms with Gasteiger partial charge in [0.1, 0.15) is 11.8 Å². The van der Waals surface area contributed by atoms with Crippen LogP contribution in [0.4, 0.5) is 0 Å². The van der Waals surface area contributed by atoms with Gasteiger partial charge >= 0.3 is 5.97 Å². The maximum atomic E-state index is 13.9. The van der Waals surface area contributed by atoms with Crippen LogP contribution in [0.3, 0.4) is 0 Å². The summed E-state index contributed by atoms with van der Waals surface area (Å²) in [4.78, 5) is 32.1. The molecule has 0 saturated carbocycles. The molecule has 0 spiro atoms. The Morgan fingerprint density at radius 3 is 2.70 bits per heavy atom. The SMILES string of the molecule is CCCOc1ccccc1C1C(C(=O)OCC)=C(C)N=c2s/c(=C\c3cc(I)c(O)c(OC)c3)c(=O)n21. The number of nitrogens with zero attached hydrogens (tertiary/aromatic N) is 2. The van der Waals surface area contributed by atoms with E-state index in [0.29, 0.717) is 53.4 Å². The van der Waals surface area contributed by atoms with E-state index in [1.807, 2.05) is 53.8 Å². The van der Waals surface area contributed by atoms with Gasteiger partial charge in [-0.2, -0.15) is 0 Å². The smallest absolute Gasteiger partial charge is 0.338 e. The minimum Gasteiger partial charge on any atom is -0.504 e. The summed E-state index contributed by atoms with van der Waals surface area (Å²) in [5.41, 5.74) is 1.86. The number of thiazole rings is 1. The number of phenolic OH excluding ortho intramolecular Hbond substituents is 1. The zero-order valence-corrected chi connectivity index (χ0v) is 23.9. The van der Waals surface area contributed by atoms with Gasteiger partial charge in [0.2, 0.25) is 0 Å². The molecule has 1 aliphatic heterocycles. The number of para-hydroxylation sites is 1. The number of fused-ring (bicyclic) bond motifs is 1. The molecule has 10 heteroatoms. The number of carbonyl (C=O) groups excluding carboxylic acids is 1. The minimum atomic E-state index is -0.764. The van der Waals surface area contributed by atoms with Gasteiger partial charge in [0.15, 0.2) is 16.3 Å². The van der Waals surface area contributed by atoms with Gasteiger partial charge in [-0.05, 0) is 72.7 Å². The second kappa shape index (κ2) is 11.5. The molecule has 0 bridgehead atoms. The molecule has 0 saturated heterocycles. The fourth-order valence-electron chi connectivity index (χ4n) is 4.12. The zero-order valence-electron chi connectivity index (χ0n) is 20.9. The molecule has 8 nitrogen and oxygen atoms in total. The molecular weight excluding hydrogens is 607 g/mol. The van der Waals surface area contributed by atoms with Crippen LogP contribution in [0.2, 0.25) is 0 Å². The van der Waals surface area contributed by atoms with Crippen LogP contribution < -0.4 is 24.4 Å². The summed E-state index contributed by atoms with van der Waals surface area (Å²) < 4.78 is 19.2. The topological polar surface area (TPSA) is 99.4 Å². The monoisotopic (exact) mass is 634 g/mol. The van der Waals surface area contributed by atoms with Crippen LogP contribution in [0, 0.1) is 3.57 Å². The molecule has 2 heterocycles. The third-order valence-electron chi connectivity index (χ3n) is 5.76. The molecule has 4 rings (SSSR count). The second-order valence-corrected chi connectivity index (χ2v) is 10.4. The highest BCUT2D eigenvalue weighted by molar-refractivity contribution is 14.1. The van der Waals surface area contributed by atoms with Gasteiger partial charge in [-0.25, -0.2) is 9.79 Å². The predicted molar refractivity (Wildman–Crippen MR) is 150 cm³/mol. The Bertz CT molecular complexity index is 1560. The number of halogens is 1. The Balaban J connectivity index is 1.97. The van der Waals surface area contributed by atoms with Crippen molar-refractivity contribution in [1.29, 1.82) is 0 Å². The fourth-order valence-corrected chi connectivity index (χ4v) is 5.79. The number of rotatable bonds is 8. The fraction of sp³-hybridized carbons (Fsp3) is 0.296. The summed E-state index contributed by atoms with van der Waals surface area (Å²) in [6, 6.07) is 10.1. The minimum absolute atomic E-state index is 0.0418. The van der Waals surface area contributed by atoms with Crippen molar-refractivity contribution in [3.05, 3.63) is 82.1 Å². The van der Waals surface area contributed by atoms with Crippen LogP contribution in [0.5, 0.6) is 17.2 Å². The molecule has 1 aromatic heterocycles. The van der Waals surface area contributed by atoms with Crippen molar-refractivity contribution in [1.82, 2.24) is 4.57 Å². The van der Waals surface area contributed by atoms with Crippen molar-refractivity contribution in [2.45, 2.75) is 33.2 Å². The number of phenols is 1. The highest BCUT2D eigenvalue weighted by atomic mass is 127. The van der Waals surface area contributed by atoms with E-state index >= 15 is 0 Å². The summed E-state index contributed by atoms with van der Waals surface area (Å²) in [5, 5.41) is 10.2. The Hall–Kier alpha value is -3.12. The van der Waals surface area contributed by atoms with E-state index in [9.17, 15) is 14.7 Å². The molecule has 1 N–H and O–H groups in total. The molecule has 0 amide bonds. The lowest BCUT2D eigenvalue weighted by Gasteiger charge is -2.26. The summed E-state index contributed by atoms with van der Waals surface area (Å²) in [6.45, 7) is 6.20. The number of carbonyl (C=O) groups is 1. The molecule has 0 aliphatic carbocycles. The van der Waals surface area contributed by atoms with E-state index in [0.717, 1.165) is 6.42 Å².